The number of hydrogen-bond donors (Lipinski definition) is 3. The van der Waals surface area contributed by atoms with Crippen LogP contribution in [-0.4, -0.2) is 41.4 Å². The van der Waals surface area contributed by atoms with Crippen LogP contribution in [0.15, 0.2) is 0 Å². The Morgan fingerprint density at radius 1 is 1.14 bits per heavy atom. The summed E-state index contributed by atoms with van der Waals surface area (Å²) in [7, 11) is 0. The first-order valence-electron chi connectivity index (χ1n) is 4.81. The Kier molecular flexibility index (Phi) is 5.48. The number of halogens is 2. The molecule has 0 fully saturated rings. The van der Waals surface area contributed by atoms with Crippen molar-refractivity contribution in [1.29, 1.82) is 0 Å². The Morgan fingerprint density at radius 2 is 1.64 bits per heavy atom. The third kappa shape index (κ3) is 4.83. The Labute approximate surface area is 83.1 Å². The van der Waals surface area contributed by atoms with Crippen molar-refractivity contribution in [2.75, 3.05) is 19.7 Å². The van der Waals surface area contributed by atoms with Gasteiger partial charge in [0.15, 0.2) is 0 Å². The van der Waals surface area contributed by atoms with Crippen LogP contribution in [0.25, 0.3) is 0 Å². The van der Waals surface area contributed by atoms with Crippen LogP contribution in [0.4, 0.5) is 8.78 Å². The average molecular weight is 211 g/mol. The molecule has 0 aliphatic carbocycles. The molecular weight excluding hydrogens is 192 g/mol. The number of nitrogens with one attached hydrogen (secondary N) is 1. The monoisotopic (exact) mass is 211 g/mol. The van der Waals surface area contributed by atoms with Crippen LogP contribution in [0.5, 0.6) is 0 Å². The largest absolute Gasteiger partial charge is 0.390 e. The quantitative estimate of drug-likeness (QED) is 0.582. The summed E-state index contributed by atoms with van der Waals surface area (Å²) < 4.78 is 25.1. The Bertz CT molecular complexity index is 161. The average Bonchev–Trinajstić information content (AvgIpc) is 2.17. The first-order chi connectivity index (χ1) is 6.39. The van der Waals surface area contributed by atoms with Crippen molar-refractivity contribution < 1.29 is 19.0 Å². The standard InChI is InChI=1S/C9H19F2NO2/c1-3-8(14,4-2)5-12-6-9(10,11)7-13/h12-14H,3-7H2,1-2H3. The van der Waals surface area contributed by atoms with Crippen LogP contribution in [0.1, 0.15) is 26.7 Å². The van der Waals surface area contributed by atoms with E-state index in [2.05, 4.69) is 5.32 Å². The fourth-order valence-electron chi connectivity index (χ4n) is 1.03. The molecule has 0 heterocycles. The lowest BCUT2D eigenvalue weighted by Crippen LogP contribution is -2.44. The fraction of sp³-hybridized carbons (Fsp3) is 1.00. The van der Waals surface area contributed by atoms with E-state index in [4.69, 9.17) is 5.11 Å². The fourth-order valence-corrected chi connectivity index (χ4v) is 1.03. The minimum Gasteiger partial charge on any atom is -0.390 e. The summed E-state index contributed by atoms with van der Waals surface area (Å²) in [6.45, 7) is 1.95. The lowest BCUT2D eigenvalue weighted by molar-refractivity contribution is -0.0529. The first-order valence-corrected chi connectivity index (χ1v) is 4.81. The molecule has 0 aromatic heterocycles. The highest BCUT2D eigenvalue weighted by molar-refractivity contribution is 4.79. The maximum Gasteiger partial charge on any atom is 0.282 e. The molecule has 0 radical (unpaired) electrons. The third-order valence-corrected chi connectivity index (χ3v) is 2.39. The third-order valence-electron chi connectivity index (χ3n) is 2.39. The summed E-state index contributed by atoms with van der Waals surface area (Å²) in [5, 5.41) is 20.5. The number of hydrogen-bond acceptors (Lipinski definition) is 3. The first kappa shape index (κ1) is 13.7. The molecule has 3 nitrogen and oxygen atoms in total. The van der Waals surface area contributed by atoms with Gasteiger partial charge in [0.25, 0.3) is 5.92 Å². The maximum atomic E-state index is 12.5. The van der Waals surface area contributed by atoms with Crippen LogP contribution in [-0.2, 0) is 0 Å². The molecule has 0 atom stereocenters. The molecule has 0 aliphatic heterocycles. The molecule has 0 amide bonds. The normalized spacial score (nSPS) is 13.3. The molecule has 0 saturated carbocycles. The van der Waals surface area contributed by atoms with Gasteiger partial charge in [0.2, 0.25) is 0 Å². The topological polar surface area (TPSA) is 52.5 Å². The molecule has 3 N–H and O–H groups in total. The van der Waals surface area contributed by atoms with Crippen molar-refractivity contribution in [3.05, 3.63) is 0 Å². The van der Waals surface area contributed by atoms with Gasteiger partial charge in [-0.1, -0.05) is 13.8 Å². The number of aliphatic hydroxyl groups excluding tert-OH is 1. The molecule has 0 bridgehead atoms. The van der Waals surface area contributed by atoms with Crippen molar-refractivity contribution in [2.24, 2.45) is 0 Å². The van der Waals surface area contributed by atoms with Crippen molar-refractivity contribution >= 4 is 0 Å². The molecular formula is C9H19F2NO2. The molecule has 0 aromatic rings. The van der Waals surface area contributed by atoms with Gasteiger partial charge in [0, 0.05) is 6.54 Å². The van der Waals surface area contributed by atoms with E-state index in [0.29, 0.717) is 12.8 Å². The summed E-state index contributed by atoms with van der Waals surface area (Å²) in [5.41, 5.74) is -0.925. The minimum absolute atomic E-state index is 0.121. The van der Waals surface area contributed by atoms with E-state index in [-0.39, 0.29) is 6.54 Å². The molecule has 0 rings (SSSR count). The highest BCUT2D eigenvalue weighted by Crippen LogP contribution is 2.14. The smallest absolute Gasteiger partial charge is 0.282 e. The second kappa shape index (κ2) is 5.58. The highest BCUT2D eigenvalue weighted by Gasteiger charge is 2.29. The molecule has 0 spiro atoms. The SMILES string of the molecule is CCC(O)(CC)CNCC(F)(F)CO. The van der Waals surface area contributed by atoms with E-state index < -0.39 is 24.7 Å². The molecule has 0 aliphatic rings. The Balaban J connectivity index is 3.83. The van der Waals surface area contributed by atoms with Crippen LogP contribution in [0.3, 0.4) is 0 Å². The van der Waals surface area contributed by atoms with Gasteiger partial charge in [0.1, 0.15) is 6.61 Å². The second-order valence-corrected chi connectivity index (χ2v) is 3.55. The maximum absolute atomic E-state index is 12.5. The summed E-state index contributed by atoms with van der Waals surface area (Å²) in [6.07, 6.45) is 1.03. The zero-order chi connectivity index (χ0) is 11.2. The molecule has 5 heteroatoms. The van der Waals surface area contributed by atoms with Gasteiger partial charge < -0.3 is 15.5 Å². The minimum atomic E-state index is -3.11. The zero-order valence-corrected chi connectivity index (χ0v) is 8.69. The van der Waals surface area contributed by atoms with Crippen molar-refractivity contribution in [2.45, 2.75) is 38.2 Å². The Hall–Kier alpha value is -0.260. The molecule has 0 saturated heterocycles. The van der Waals surface area contributed by atoms with E-state index in [1.165, 1.54) is 0 Å². The van der Waals surface area contributed by atoms with Crippen molar-refractivity contribution in [3.63, 3.8) is 0 Å². The summed E-state index contributed by atoms with van der Waals surface area (Å²) in [4.78, 5) is 0. The van der Waals surface area contributed by atoms with E-state index in [0.717, 1.165) is 0 Å². The van der Waals surface area contributed by atoms with Crippen LogP contribution >= 0.6 is 0 Å². The van der Waals surface area contributed by atoms with Gasteiger partial charge in [-0.3, -0.25) is 0 Å². The van der Waals surface area contributed by atoms with E-state index in [1.54, 1.807) is 13.8 Å². The molecule has 86 valence electrons. The summed E-state index contributed by atoms with van der Waals surface area (Å²) in [6, 6.07) is 0. The van der Waals surface area contributed by atoms with Gasteiger partial charge in [-0.15, -0.1) is 0 Å². The highest BCUT2D eigenvalue weighted by atomic mass is 19.3. The van der Waals surface area contributed by atoms with Crippen LogP contribution < -0.4 is 5.32 Å². The van der Waals surface area contributed by atoms with Gasteiger partial charge in [-0.25, -0.2) is 8.78 Å². The van der Waals surface area contributed by atoms with Crippen molar-refractivity contribution in [3.8, 4) is 0 Å². The van der Waals surface area contributed by atoms with E-state index in [1.807, 2.05) is 0 Å². The lowest BCUT2D eigenvalue weighted by Gasteiger charge is -2.26. The van der Waals surface area contributed by atoms with Crippen LogP contribution in [0.2, 0.25) is 0 Å². The van der Waals surface area contributed by atoms with Crippen molar-refractivity contribution in [1.82, 2.24) is 5.32 Å². The number of aliphatic hydroxyl groups is 2. The predicted molar refractivity (Wildman–Crippen MR) is 50.4 cm³/mol. The van der Waals surface area contributed by atoms with Gasteiger partial charge in [-0.2, -0.15) is 0 Å². The second-order valence-electron chi connectivity index (χ2n) is 3.55. The number of rotatable bonds is 7. The van der Waals surface area contributed by atoms with Crippen LogP contribution in [0, 0.1) is 0 Å². The zero-order valence-electron chi connectivity index (χ0n) is 8.69. The van der Waals surface area contributed by atoms with E-state index >= 15 is 0 Å². The molecule has 0 aromatic carbocycles. The summed E-state index contributed by atoms with van der Waals surface area (Å²) in [5.74, 6) is -3.11. The molecule has 14 heavy (non-hydrogen) atoms. The Morgan fingerprint density at radius 3 is 2.00 bits per heavy atom. The van der Waals surface area contributed by atoms with Gasteiger partial charge in [0.05, 0.1) is 12.1 Å². The van der Waals surface area contributed by atoms with Gasteiger partial charge in [-0.05, 0) is 12.8 Å². The lowest BCUT2D eigenvalue weighted by atomic mass is 9.97. The number of alkyl halides is 2. The summed E-state index contributed by atoms with van der Waals surface area (Å²) >= 11 is 0. The predicted octanol–water partition coefficient (Wildman–Crippen LogP) is 0.755. The molecule has 0 unspecified atom stereocenters. The van der Waals surface area contributed by atoms with Gasteiger partial charge >= 0.3 is 0 Å². The van der Waals surface area contributed by atoms with E-state index in [9.17, 15) is 13.9 Å².